The number of ether oxygens (including phenoxy) is 1. The first-order chi connectivity index (χ1) is 9.17. The molecule has 4 heteroatoms. The van der Waals surface area contributed by atoms with Crippen LogP contribution in [0.2, 0.25) is 0 Å². The van der Waals surface area contributed by atoms with Crippen molar-refractivity contribution in [2.45, 2.75) is 20.5 Å². The zero-order valence-corrected chi connectivity index (χ0v) is 11.1. The van der Waals surface area contributed by atoms with Gasteiger partial charge in [0.05, 0.1) is 0 Å². The number of carbonyl (C=O) groups excluding carboxylic acids is 2. The standard InChI is InChI=1S/C15H17NO3/c1-3-4-5-14(16-11-17)15(18)19-10-13-8-6-12(2)7-9-13/h3-9,11H,10H2,1-2H3,(H,16,17)/b4-3-,14-5-. The quantitative estimate of drug-likeness (QED) is 0.369. The maximum Gasteiger partial charge on any atom is 0.355 e. The molecule has 0 atom stereocenters. The SMILES string of the molecule is C/C=C\C=C(/NC=O)C(=O)OCc1ccc(C)cc1. The molecule has 1 aromatic rings. The van der Waals surface area contributed by atoms with E-state index in [9.17, 15) is 9.59 Å². The fourth-order valence-corrected chi connectivity index (χ4v) is 1.34. The molecule has 0 aliphatic carbocycles. The Kier molecular flexibility index (Phi) is 6.09. The van der Waals surface area contributed by atoms with Crippen molar-refractivity contribution in [1.82, 2.24) is 5.32 Å². The summed E-state index contributed by atoms with van der Waals surface area (Å²) in [6.07, 6.45) is 5.34. The molecule has 1 aromatic carbocycles. The van der Waals surface area contributed by atoms with Crippen LogP contribution in [0.25, 0.3) is 0 Å². The van der Waals surface area contributed by atoms with E-state index in [2.05, 4.69) is 5.32 Å². The molecule has 0 aliphatic rings. The summed E-state index contributed by atoms with van der Waals surface area (Å²) in [5.74, 6) is -0.564. The maximum atomic E-state index is 11.7. The topological polar surface area (TPSA) is 55.4 Å². The second-order valence-electron chi connectivity index (χ2n) is 3.93. The first kappa shape index (κ1) is 14.7. The smallest absolute Gasteiger partial charge is 0.355 e. The van der Waals surface area contributed by atoms with Crippen LogP contribution in [0.3, 0.4) is 0 Å². The van der Waals surface area contributed by atoms with E-state index in [0.29, 0.717) is 6.41 Å². The number of esters is 1. The summed E-state index contributed by atoms with van der Waals surface area (Å²) in [5, 5.41) is 2.32. The van der Waals surface area contributed by atoms with Crippen molar-refractivity contribution in [2.24, 2.45) is 0 Å². The van der Waals surface area contributed by atoms with E-state index >= 15 is 0 Å². The van der Waals surface area contributed by atoms with Crippen LogP contribution >= 0.6 is 0 Å². The molecule has 0 aliphatic heterocycles. The highest BCUT2D eigenvalue weighted by Crippen LogP contribution is 2.06. The normalized spacial score (nSPS) is 11.4. The van der Waals surface area contributed by atoms with Gasteiger partial charge in [-0.15, -0.1) is 0 Å². The maximum absolute atomic E-state index is 11.7. The molecule has 0 aromatic heterocycles. The van der Waals surface area contributed by atoms with Crippen LogP contribution < -0.4 is 5.32 Å². The first-order valence-electron chi connectivity index (χ1n) is 5.93. The van der Waals surface area contributed by atoms with Crippen LogP contribution in [0, 0.1) is 6.92 Å². The summed E-state index contributed by atoms with van der Waals surface area (Å²) in [4.78, 5) is 22.1. The van der Waals surface area contributed by atoms with Crippen molar-refractivity contribution in [3.63, 3.8) is 0 Å². The molecule has 0 fully saturated rings. The fraction of sp³-hybridized carbons (Fsp3) is 0.200. The van der Waals surface area contributed by atoms with E-state index in [0.717, 1.165) is 11.1 Å². The van der Waals surface area contributed by atoms with Crippen LogP contribution in [0.15, 0.2) is 48.2 Å². The van der Waals surface area contributed by atoms with E-state index in [1.54, 1.807) is 12.2 Å². The van der Waals surface area contributed by atoms with Gasteiger partial charge in [-0.2, -0.15) is 0 Å². The van der Waals surface area contributed by atoms with Crippen molar-refractivity contribution < 1.29 is 14.3 Å². The average Bonchev–Trinajstić information content (AvgIpc) is 2.42. The van der Waals surface area contributed by atoms with E-state index < -0.39 is 5.97 Å². The van der Waals surface area contributed by atoms with Gasteiger partial charge in [0.2, 0.25) is 6.41 Å². The lowest BCUT2D eigenvalue weighted by Crippen LogP contribution is -2.20. The number of amides is 1. The van der Waals surface area contributed by atoms with Gasteiger partial charge in [0, 0.05) is 0 Å². The summed E-state index contributed by atoms with van der Waals surface area (Å²) >= 11 is 0. The van der Waals surface area contributed by atoms with Crippen molar-refractivity contribution in [1.29, 1.82) is 0 Å². The van der Waals surface area contributed by atoms with Crippen molar-refractivity contribution in [3.05, 3.63) is 59.3 Å². The monoisotopic (exact) mass is 259 g/mol. The minimum absolute atomic E-state index is 0.111. The molecule has 1 N–H and O–H groups in total. The largest absolute Gasteiger partial charge is 0.456 e. The predicted octanol–water partition coefficient (Wildman–Crippen LogP) is 2.24. The molecular formula is C15H17NO3. The molecule has 0 saturated heterocycles. The van der Waals surface area contributed by atoms with Crippen LogP contribution in [0.4, 0.5) is 0 Å². The zero-order chi connectivity index (χ0) is 14.1. The van der Waals surface area contributed by atoms with E-state index in [1.807, 2.05) is 38.1 Å². The Bertz CT molecular complexity index is 487. The van der Waals surface area contributed by atoms with Crippen LogP contribution in [0.5, 0.6) is 0 Å². The highest BCUT2D eigenvalue weighted by atomic mass is 16.5. The van der Waals surface area contributed by atoms with Crippen molar-refractivity contribution >= 4 is 12.4 Å². The number of aryl methyl sites for hydroxylation is 1. The number of hydrogen-bond acceptors (Lipinski definition) is 3. The number of rotatable bonds is 6. The number of benzene rings is 1. The molecular weight excluding hydrogens is 242 g/mol. The van der Waals surface area contributed by atoms with Crippen molar-refractivity contribution in [3.8, 4) is 0 Å². The third-order valence-electron chi connectivity index (χ3n) is 2.38. The number of hydrogen-bond donors (Lipinski definition) is 1. The van der Waals surface area contributed by atoms with Gasteiger partial charge in [-0.3, -0.25) is 4.79 Å². The Hall–Kier alpha value is -2.36. The Labute approximate surface area is 112 Å². The summed E-state index contributed by atoms with van der Waals surface area (Å²) in [6, 6.07) is 7.68. The Morgan fingerprint density at radius 3 is 2.58 bits per heavy atom. The Morgan fingerprint density at radius 1 is 1.32 bits per heavy atom. The van der Waals surface area contributed by atoms with Crippen LogP contribution in [0.1, 0.15) is 18.1 Å². The van der Waals surface area contributed by atoms with E-state index in [-0.39, 0.29) is 12.3 Å². The fourth-order valence-electron chi connectivity index (χ4n) is 1.34. The second-order valence-corrected chi connectivity index (χ2v) is 3.93. The lowest BCUT2D eigenvalue weighted by atomic mass is 10.2. The third-order valence-corrected chi connectivity index (χ3v) is 2.38. The lowest BCUT2D eigenvalue weighted by molar-refractivity contribution is -0.141. The number of allylic oxidation sites excluding steroid dienone is 3. The lowest BCUT2D eigenvalue weighted by Gasteiger charge is -2.07. The molecule has 4 nitrogen and oxygen atoms in total. The zero-order valence-electron chi connectivity index (χ0n) is 11.1. The highest BCUT2D eigenvalue weighted by Gasteiger charge is 2.09. The minimum Gasteiger partial charge on any atom is -0.456 e. The molecule has 0 unspecified atom stereocenters. The Morgan fingerprint density at radius 2 is 2.00 bits per heavy atom. The van der Waals surface area contributed by atoms with Crippen molar-refractivity contribution in [2.75, 3.05) is 0 Å². The molecule has 1 amide bonds. The highest BCUT2D eigenvalue weighted by molar-refractivity contribution is 5.90. The van der Waals surface area contributed by atoms with Gasteiger partial charge in [-0.25, -0.2) is 4.79 Å². The van der Waals surface area contributed by atoms with E-state index in [1.165, 1.54) is 6.08 Å². The van der Waals surface area contributed by atoms with Gasteiger partial charge in [-0.1, -0.05) is 42.0 Å². The van der Waals surface area contributed by atoms with Gasteiger partial charge >= 0.3 is 5.97 Å². The molecule has 0 spiro atoms. The summed E-state index contributed by atoms with van der Waals surface area (Å²) < 4.78 is 5.12. The first-order valence-corrected chi connectivity index (χ1v) is 5.93. The van der Waals surface area contributed by atoms with Gasteiger partial charge in [0.25, 0.3) is 0 Å². The van der Waals surface area contributed by atoms with Gasteiger partial charge in [-0.05, 0) is 25.5 Å². The molecule has 0 heterocycles. The third kappa shape index (κ3) is 5.21. The molecule has 0 radical (unpaired) electrons. The van der Waals surface area contributed by atoms with Crippen LogP contribution in [-0.2, 0) is 20.9 Å². The Balaban J connectivity index is 2.61. The summed E-state index contributed by atoms with van der Waals surface area (Å²) in [7, 11) is 0. The van der Waals surface area contributed by atoms with Gasteiger partial charge < -0.3 is 10.1 Å². The molecule has 0 bridgehead atoms. The van der Waals surface area contributed by atoms with Crippen LogP contribution in [-0.4, -0.2) is 12.4 Å². The predicted molar refractivity (Wildman–Crippen MR) is 73.1 cm³/mol. The number of nitrogens with one attached hydrogen (secondary N) is 1. The molecule has 19 heavy (non-hydrogen) atoms. The summed E-state index contributed by atoms with van der Waals surface area (Å²) in [5.41, 5.74) is 2.15. The molecule has 1 rings (SSSR count). The minimum atomic E-state index is -0.564. The van der Waals surface area contributed by atoms with E-state index in [4.69, 9.17) is 4.74 Å². The second kappa shape index (κ2) is 7.87. The molecule has 100 valence electrons. The van der Waals surface area contributed by atoms with Gasteiger partial charge in [0.15, 0.2) is 0 Å². The average molecular weight is 259 g/mol. The summed E-state index contributed by atoms with van der Waals surface area (Å²) in [6.45, 7) is 3.97. The number of carbonyl (C=O) groups is 2. The molecule has 0 saturated carbocycles. The van der Waals surface area contributed by atoms with Gasteiger partial charge in [0.1, 0.15) is 12.3 Å².